The molecule has 160 valence electrons. The minimum Gasteiger partial charge on any atom is -0.336 e. The molecule has 0 saturated carbocycles. The molecule has 2 aromatic rings. The Morgan fingerprint density at radius 2 is 1.73 bits per heavy atom. The number of carbonyl (C=O) groups is 2. The summed E-state index contributed by atoms with van der Waals surface area (Å²) in [6.07, 6.45) is 1.66. The molecule has 3 rings (SSSR count). The zero-order chi connectivity index (χ0) is 21.7. The number of nitrogens with one attached hydrogen (secondary N) is 1. The molecule has 0 spiro atoms. The van der Waals surface area contributed by atoms with Crippen LogP contribution in [0.15, 0.2) is 42.5 Å². The summed E-state index contributed by atoms with van der Waals surface area (Å²) in [5, 5.41) is 2.99. The van der Waals surface area contributed by atoms with Gasteiger partial charge < -0.3 is 10.2 Å². The Morgan fingerprint density at radius 3 is 2.43 bits per heavy atom. The van der Waals surface area contributed by atoms with Crippen LogP contribution in [0.1, 0.15) is 27.0 Å². The number of anilines is 1. The van der Waals surface area contributed by atoms with Crippen molar-refractivity contribution in [2.24, 2.45) is 0 Å². The molecule has 1 atom stereocenters. The van der Waals surface area contributed by atoms with Gasteiger partial charge in [-0.3, -0.25) is 18.7 Å². The summed E-state index contributed by atoms with van der Waals surface area (Å²) >= 11 is 0. The molecular formula is C23H29N3O3S. The summed E-state index contributed by atoms with van der Waals surface area (Å²) in [6.45, 7) is 6.82. The predicted octanol–water partition coefficient (Wildman–Crippen LogP) is 2.58. The van der Waals surface area contributed by atoms with Crippen molar-refractivity contribution in [2.45, 2.75) is 19.6 Å². The topological polar surface area (TPSA) is 69.7 Å². The molecule has 1 saturated heterocycles. The minimum atomic E-state index is -0.941. The normalized spacial score (nSPS) is 15.6. The van der Waals surface area contributed by atoms with Crippen LogP contribution in [0, 0.1) is 13.8 Å². The van der Waals surface area contributed by atoms with Crippen LogP contribution in [0.25, 0.3) is 0 Å². The Bertz CT molecular complexity index is 952. The van der Waals surface area contributed by atoms with Crippen molar-refractivity contribution >= 4 is 28.3 Å². The summed E-state index contributed by atoms with van der Waals surface area (Å²) in [5.74, 6) is 0.395. The van der Waals surface area contributed by atoms with E-state index in [2.05, 4.69) is 10.2 Å². The van der Waals surface area contributed by atoms with Crippen molar-refractivity contribution in [3.05, 3.63) is 64.7 Å². The van der Waals surface area contributed by atoms with Gasteiger partial charge in [0.2, 0.25) is 5.91 Å². The summed E-state index contributed by atoms with van der Waals surface area (Å²) in [6, 6.07) is 13.2. The summed E-state index contributed by atoms with van der Waals surface area (Å²) < 4.78 is 11.4. The Morgan fingerprint density at radius 1 is 1.03 bits per heavy atom. The Kier molecular flexibility index (Phi) is 7.39. The Balaban J connectivity index is 1.52. The van der Waals surface area contributed by atoms with Crippen LogP contribution >= 0.6 is 0 Å². The first kappa shape index (κ1) is 22.2. The number of rotatable bonds is 6. The quantitative estimate of drug-likeness (QED) is 0.769. The fourth-order valence-electron chi connectivity index (χ4n) is 3.60. The van der Waals surface area contributed by atoms with E-state index >= 15 is 0 Å². The van der Waals surface area contributed by atoms with E-state index in [1.54, 1.807) is 12.3 Å². The van der Waals surface area contributed by atoms with Crippen LogP contribution in [0.5, 0.6) is 0 Å². The van der Waals surface area contributed by atoms with E-state index in [0.717, 1.165) is 22.4 Å². The van der Waals surface area contributed by atoms with Crippen LogP contribution in [0.3, 0.4) is 0 Å². The molecule has 6 nitrogen and oxygen atoms in total. The zero-order valence-corrected chi connectivity index (χ0v) is 18.6. The van der Waals surface area contributed by atoms with Crippen molar-refractivity contribution in [1.82, 2.24) is 9.80 Å². The lowest BCUT2D eigenvalue weighted by atomic mass is 10.1. The lowest BCUT2D eigenvalue weighted by Gasteiger charge is -2.34. The highest BCUT2D eigenvalue weighted by Crippen LogP contribution is 2.18. The van der Waals surface area contributed by atoms with Crippen molar-refractivity contribution < 1.29 is 13.8 Å². The predicted molar refractivity (Wildman–Crippen MR) is 121 cm³/mol. The van der Waals surface area contributed by atoms with E-state index in [4.69, 9.17) is 0 Å². The first-order chi connectivity index (χ1) is 14.3. The number of hydrogen-bond acceptors (Lipinski definition) is 4. The molecule has 30 heavy (non-hydrogen) atoms. The highest BCUT2D eigenvalue weighted by Gasteiger charge is 2.23. The second kappa shape index (κ2) is 10.00. The van der Waals surface area contributed by atoms with Gasteiger partial charge in [-0.15, -0.1) is 0 Å². The molecule has 1 aliphatic heterocycles. The van der Waals surface area contributed by atoms with Gasteiger partial charge in [0.1, 0.15) is 0 Å². The summed E-state index contributed by atoms with van der Waals surface area (Å²) in [5.41, 5.74) is 4.61. The molecule has 0 bridgehead atoms. The van der Waals surface area contributed by atoms with Crippen LogP contribution in [-0.2, 0) is 21.3 Å². The molecule has 1 unspecified atom stereocenters. The van der Waals surface area contributed by atoms with E-state index in [-0.39, 0.29) is 11.8 Å². The molecule has 0 aliphatic carbocycles. The average molecular weight is 428 g/mol. The molecule has 0 radical (unpaired) electrons. The first-order valence-electron chi connectivity index (χ1n) is 10.1. The van der Waals surface area contributed by atoms with Gasteiger partial charge in [-0.05, 0) is 48.7 Å². The number of nitrogens with zero attached hydrogens (tertiary/aromatic N) is 2. The fraction of sp³-hybridized carbons (Fsp3) is 0.391. The van der Waals surface area contributed by atoms with Crippen LogP contribution in [0.4, 0.5) is 5.69 Å². The van der Waals surface area contributed by atoms with Gasteiger partial charge in [0.15, 0.2) is 0 Å². The van der Waals surface area contributed by atoms with E-state index in [9.17, 15) is 13.8 Å². The molecule has 2 amide bonds. The van der Waals surface area contributed by atoms with Crippen LogP contribution in [-0.4, -0.2) is 64.8 Å². The van der Waals surface area contributed by atoms with Crippen LogP contribution in [0.2, 0.25) is 0 Å². The van der Waals surface area contributed by atoms with Crippen molar-refractivity contribution in [3.8, 4) is 0 Å². The molecule has 0 aromatic heterocycles. The van der Waals surface area contributed by atoms with Gasteiger partial charge in [0, 0.05) is 60.2 Å². The van der Waals surface area contributed by atoms with Crippen molar-refractivity contribution in [3.63, 3.8) is 0 Å². The van der Waals surface area contributed by atoms with Gasteiger partial charge in [0.05, 0.1) is 6.54 Å². The van der Waals surface area contributed by atoms with E-state index in [1.165, 1.54) is 0 Å². The maximum Gasteiger partial charge on any atom is 0.253 e. The third-order valence-electron chi connectivity index (χ3n) is 5.45. The second-order valence-corrected chi connectivity index (χ2v) is 9.22. The van der Waals surface area contributed by atoms with Crippen molar-refractivity contribution in [1.29, 1.82) is 0 Å². The molecule has 1 N–H and O–H groups in total. The summed E-state index contributed by atoms with van der Waals surface area (Å²) in [7, 11) is -0.941. The minimum absolute atomic E-state index is 0.0155. The number of aryl methyl sites for hydroxylation is 1. The van der Waals surface area contributed by atoms with Gasteiger partial charge in [0.25, 0.3) is 5.91 Å². The Hall–Kier alpha value is -2.51. The van der Waals surface area contributed by atoms with Crippen LogP contribution < -0.4 is 5.32 Å². The monoisotopic (exact) mass is 427 g/mol. The highest BCUT2D eigenvalue weighted by atomic mass is 32.2. The van der Waals surface area contributed by atoms with Gasteiger partial charge in [-0.25, -0.2) is 0 Å². The lowest BCUT2D eigenvalue weighted by molar-refractivity contribution is -0.117. The fourth-order valence-corrected chi connectivity index (χ4v) is 4.25. The molecule has 1 aliphatic rings. The molecule has 1 fully saturated rings. The molecule has 2 aromatic carbocycles. The third kappa shape index (κ3) is 5.77. The lowest BCUT2D eigenvalue weighted by Crippen LogP contribution is -2.50. The largest absolute Gasteiger partial charge is 0.336 e. The molecule has 7 heteroatoms. The van der Waals surface area contributed by atoms with E-state index < -0.39 is 10.8 Å². The number of hydrogen-bond donors (Lipinski definition) is 1. The molecule has 1 heterocycles. The van der Waals surface area contributed by atoms with E-state index in [0.29, 0.717) is 44.0 Å². The maximum absolute atomic E-state index is 12.8. The SMILES string of the molecule is Cc1cccc(NC(=O)CN2CCN(C(=O)c3cccc(CS(C)=O)c3)CC2)c1C. The smallest absolute Gasteiger partial charge is 0.253 e. The third-order valence-corrected chi connectivity index (χ3v) is 6.19. The average Bonchev–Trinajstić information content (AvgIpc) is 2.71. The zero-order valence-electron chi connectivity index (χ0n) is 17.8. The molecular weight excluding hydrogens is 398 g/mol. The van der Waals surface area contributed by atoms with Gasteiger partial charge in [-0.1, -0.05) is 24.3 Å². The number of benzene rings is 2. The first-order valence-corrected chi connectivity index (χ1v) is 11.8. The van der Waals surface area contributed by atoms with Gasteiger partial charge in [-0.2, -0.15) is 0 Å². The maximum atomic E-state index is 12.8. The second-order valence-electron chi connectivity index (χ2n) is 7.78. The number of piperazine rings is 1. The highest BCUT2D eigenvalue weighted by molar-refractivity contribution is 7.83. The van der Waals surface area contributed by atoms with Crippen molar-refractivity contribution in [2.75, 3.05) is 44.3 Å². The van der Waals surface area contributed by atoms with Gasteiger partial charge >= 0.3 is 0 Å². The summed E-state index contributed by atoms with van der Waals surface area (Å²) in [4.78, 5) is 29.2. The standard InChI is InChI=1S/C23H29N3O3S/c1-17-6-4-9-21(18(17)2)24-22(27)15-25-10-12-26(13-11-25)23(28)20-8-5-7-19(14-20)16-30(3)29/h4-9,14H,10-13,15-16H2,1-3H3,(H,24,27). The van der Waals surface area contributed by atoms with E-state index in [1.807, 2.05) is 55.1 Å². The number of amides is 2. The number of carbonyl (C=O) groups excluding carboxylic acids is 2. The Labute approximate surface area is 180 Å².